The zero-order valence-electron chi connectivity index (χ0n) is 14.1. The molecule has 0 spiro atoms. The zero-order chi connectivity index (χ0) is 19.0. The van der Waals surface area contributed by atoms with Crippen LogP contribution < -0.4 is 15.5 Å². The summed E-state index contributed by atoms with van der Waals surface area (Å²) in [4.78, 5) is 4.58. The van der Waals surface area contributed by atoms with Crippen LogP contribution in [0.3, 0.4) is 0 Å². The number of sulfonamides is 1. The van der Waals surface area contributed by atoms with Gasteiger partial charge in [0.2, 0.25) is 10.0 Å². The molecule has 0 heterocycles. The molecule has 0 atom stereocenters. The molecule has 0 aliphatic carbocycles. The van der Waals surface area contributed by atoms with Crippen LogP contribution in [0.2, 0.25) is 0 Å². The van der Waals surface area contributed by atoms with Crippen molar-refractivity contribution < 1.29 is 13.5 Å². The summed E-state index contributed by atoms with van der Waals surface area (Å²) in [6.45, 7) is 4.28. The van der Waals surface area contributed by atoms with Crippen molar-refractivity contribution in [3.05, 3.63) is 54.6 Å². The van der Waals surface area contributed by atoms with Crippen LogP contribution in [0.1, 0.15) is 0 Å². The Morgan fingerprint density at radius 3 is 2.35 bits per heavy atom. The van der Waals surface area contributed by atoms with E-state index in [0.29, 0.717) is 24.6 Å². The minimum absolute atomic E-state index is 0.00483. The van der Waals surface area contributed by atoms with Gasteiger partial charge in [0.05, 0.1) is 29.4 Å². The number of aliphatic hydroxyl groups is 1. The first-order valence-electron chi connectivity index (χ1n) is 7.79. The van der Waals surface area contributed by atoms with E-state index in [-0.39, 0.29) is 11.5 Å². The van der Waals surface area contributed by atoms with Crippen LogP contribution in [0.25, 0.3) is 0 Å². The van der Waals surface area contributed by atoms with Crippen LogP contribution in [-0.4, -0.2) is 45.8 Å². The third-order valence-electron chi connectivity index (χ3n) is 3.38. The van der Waals surface area contributed by atoms with Crippen LogP contribution in [0.15, 0.2) is 69.6 Å². The maximum absolute atomic E-state index is 11.4. The van der Waals surface area contributed by atoms with E-state index in [0.717, 1.165) is 5.69 Å². The number of nitrogens with zero attached hydrogens (tertiary/aromatic N) is 3. The summed E-state index contributed by atoms with van der Waals surface area (Å²) in [5, 5.41) is 22.6. The number of aliphatic imine (C=N–C) groups is 1. The molecule has 2 aromatic carbocycles. The molecule has 138 valence electrons. The highest BCUT2D eigenvalue weighted by Crippen LogP contribution is 2.20. The molecule has 0 saturated carbocycles. The van der Waals surface area contributed by atoms with Gasteiger partial charge in [0.1, 0.15) is 5.84 Å². The van der Waals surface area contributed by atoms with E-state index in [9.17, 15) is 8.42 Å². The lowest BCUT2D eigenvalue weighted by Gasteiger charge is -2.21. The van der Waals surface area contributed by atoms with Crippen molar-refractivity contribution in [3.63, 3.8) is 0 Å². The Morgan fingerprint density at radius 2 is 1.81 bits per heavy atom. The van der Waals surface area contributed by atoms with Gasteiger partial charge in [0.15, 0.2) is 0 Å². The van der Waals surface area contributed by atoms with E-state index >= 15 is 0 Å². The van der Waals surface area contributed by atoms with E-state index in [4.69, 9.17) is 10.2 Å². The number of para-hydroxylation sites is 1. The Kier molecular flexibility index (Phi) is 6.98. The monoisotopic (exact) mass is 375 g/mol. The van der Waals surface area contributed by atoms with E-state index in [1.807, 2.05) is 30.3 Å². The van der Waals surface area contributed by atoms with Crippen molar-refractivity contribution in [2.75, 3.05) is 24.7 Å². The van der Waals surface area contributed by atoms with Gasteiger partial charge in [0, 0.05) is 13.3 Å². The standard InChI is InChI=1S/C17H21N5O3S/c1-19-22(15-7-9-16(10-8-15)26(18,24)25)17(13-20-11-12-23)21-14-5-3-2-4-6-14/h2-10,20,23H,1,11-13H2,(H2,18,24,25). The second kappa shape index (κ2) is 9.20. The fourth-order valence-electron chi connectivity index (χ4n) is 2.18. The number of hydrogen-bond donors (Lipinski definition) is 3. The lowest BCUT2D eigenvalue weighted by molar-refractivity contribution is 0.295. The van der Waals surface area contributed by atoms with Crippen molar-refractivity contribution in [1.29, 1.82) is 0 Å². The minimum atomic E-state index is -3.77. The number of aliphatic hydroxyl groups excluding tert-OH is 1. The number of primary sulfonamides is 1. The Labute approximate surface area is 152 Å². The molecule has 0 radical (unpaired) electrons. The molecule has 8 nitrogen and oxygen atoms in total. The predicted molar refractivity (Wildman–Crippen MR) is 103 cm³/mol. The van der Waals surface area contributed by atoms with Gasteiger partial charge in [-0.1, -0.05) is 18.2 Å². The highest BCUT2D eigenvalue weighted by atomic mass is 32.2. The molecule has 0 aromatic heterocycles. The third-order valence-corrected chi connectivity index (χ3v) is 4.31. The van der Waals surface area contributed by atoms with E-state index in [2.05, 4.69) is 22.1 Å². The van der Waals surface area contributed by atoms with Crippen molar-refractivity contribution in [2.45, 2.75) is 4.90 Å². The number of rotatable bonds is 8. The minimum Gasteiger partial charge on any atom is -0.395 e. The summed E-state index contributed by atoms with van der Waals surface area (Å²) in [6.07, 6.45) is 0. The number of nitrogens with one attached hydrogen (secondary N) is 1. The molecular weight excluding hydrogens is 354 g/mol. The lowest BCUT2D eigenvalue weighted by atomic mass is 10.3. The normalized spacial score (nSPS) is 12.0. The van der Waals surface area contributed by atoms with Gasteiger partial charge in [-0.15, -0.1) is 0 Å². The quantitative estimate of drug-likeness (QED) is 0.276. The van der Waals surface area contributed by atoms with Gasteiger partial charge in [-0.2, -0.15) is 5.10 Å². The van der Waals surface area contributed by atoms with Gasteiger partial charge in [0.25, 0.3) is 0 Å². The molecule has 2 aromatic rings. The van der Waals surface area contributed by atoms with Gasteiger partial charge >= 0.3 is 0 Å². The maximum Gasteiger partial charge on any atom is 0.238 e. The summed E-state index contributed by atoms with van der Waals surface area (Å²) in [6, 6.07) is 15.2. The molecule has 0 bridgehead atoms. The Bertz CT molecular complexity index is 852. The van der Waals surface area contributed by atoms with Gasteiger partial charge < -0.3 is 10.4 Å². The molecule has 0 aliphatic rings. The highest BCUT2D eigenvalue weighted by Gasteiger charge is 2.14. The maximum atomic E-state index is 11.4. The summed E-state index contributed by atoms with van der Waals surface area (Å²) in [7, 11) is -3.77. The highest BCUT2D eigenvalue weighted by molar-refractivity contribution is 7.89. The van der Waals surface area contributed by atoms with E-state index < -0.39 is 10.0 Å². The molecule has 0 fully saturated rings. The van der Waals surface area contributed by atoms with Crippen LogP contribution in [-0.2, 0) is 10.0 Å². The van der Waals surface area contributed by atoms with Gasteiger partial charge in [-0.25, -0.2) is 23.6 Å². The number of amidine groups is 1. The summed E-state index contributed by atoms with van der Waals surface area (Å²) < 4.78 is 22.8. The smallest absolute Gasteiger partial charge is 0.238 e. The van der Waals surface area contributed by atoms with Crippen LogP contribution in [0.5, 0.6) is 0 Å². The second-order valence-corrected chi connectivity index (χ2v) is 6.82. The first-order valence-corrected chi connectivity index (χ1v) is 9.34. The van der Waals surface area contributed by atoms with Crippen molar-refractivity contribution in [1.82, 2.24) is 5.32 Å². The van der Waals surface area contributed by atoms with Crippen LogP contribution in [0.4, 0.5) is 11.4 Å². The Hall–Kier alpha value is -2.59. The van der Waals surface area contributed by atoms with Crippen LogP contribution >= 0.6 is 0 Å². The topological polar surface area (TPSA) is 120 Å². The zero-order valence-corrected chi connectivity index (χ0v) is 14.9. The molecule has 0 amide bonds. The largest absolute Gasteiger partial charge is 0.395 e. The fourth-order valence-corrected chi connectivity index (χ4v) is 2.70. The van der Waals surface area contributed by atoms with Gasteiger partial charge in [-0.3, -0.25) is 0 Å². The number of hydrazone groups is 1. The molecule has 2 rings (SSSR count). The second-order valence-electron chi connectivity index (χ2n) is 5.26. The number of benzene rings is 2. The molecule has 0 aliphatic heterocycles. The average molecular weight is 375 g/mol. The molecule has 26 heavy (non-hydrogen) atoms. The summed E-state index contributed by atoms with van der Waals surface area (Å²) in [5.41, 5.74) is 1.30. The molecule has 9 heteroatoms. The third kappa shape index (κ3) is 5.46. The number of hydrogen-bond acceptors (Lipinski definition) is 6. The predicted octanol–water partition coefficient (Wildman–Crippen LogP) is 1.07. The lowest BCUT2D eigenvalue weighted by Crippen LogP contribution is -2.36. The Balaban J connectivity index is 2.36. The number of nitrogens with two attached hydrogens (primary N) is 1. The van der Waals surface area contributed by atoms with Crippen molar-refractivity contribution in [3.8, 4) is 0 Å². The fraction of sp³-hybridized carbons (Fsp3) is 0.176. The SMILES string of the molecule is C=NN(C(CNCCO)=Nc1ccccc1)c1ccc(S(N)(=O)=O)cc1. The summed E-state index contributed by atoms with van der Waals surface area (Å²) >= 11 is 0. The molecule has 0 saturated heterocycles. The first-order chi connectivity index (χ1) is 12.5. The molecular formula is C17H21N5O3S. The summed E-state index contributed by atoms with van der Waals surface area (Å²) in [5.74, 6) is 0.531. The van der Waals surface area contributed by atoms with Crippen LogP contribution in [0, 0.1) is 0 Å². The molecule has 4 N–H and O–H groups in total. The number of anilines is 1. The average Bonchev–Trinajstić information content (AvgIpc) is 2.63. The molecule has 0 unspecified atom stereocenters. The van der Waals surface area contributed by atoms with E-state index in [1.165, 1.54) is 17.1 Å². The Morgan fingerprint density at radius 1 is 1.15 bits per heavy atom. The van der Waals surface area contributed by atoms with Crippen molar-refractivity contribution in [2.24, 2.45) is 15.2 Å². The van der Waals surface area contributed by atoms with Gasteiger partial charge in [-0.05, 0) is 36.4 Å². The van der Waals surface area contributed by atoms with E-state index in [1.54, 1.807) is 12.1 Å². The van der Waals surface area contributed by atoms with Crippen molar-refractivity contribution >= 4 is 34.0 Å². The first kappa shape index (κ1) is 19.7.